The zero-order chi connectivity index (χ0) is 32.4. The Balaban J connectivity index is 2.06. The number of amides is 2. The second-order valence-corrected chi connectivity index (χ2v) is 12.7. The van der Waals surface area contributed by atoms with Crippen molar-refractivity contribution >= 4 is 39.1 Å². The van der Waals surface area contributed by atoms with Gasteiger partial charge in [-0.2, -0.15) is 0 Å². The van der Waals surface area contributed by atoms with E-state index in [-0.39, 0.29) is 34.7 Å². The molecule has 3 aromatic carbocycles. The van der Waals surface area contributed by atoms with Crippen LogP contribution in [0.3, 0.4) is 0 Å². The maximum atomic E-state index is 14.2. The SMILES string of the molecule is CCOc1ccc(N(CC(=O)N(Cc2ccc(Cl)cc2)[C@H](C)C(=O)NCC(C)C)S(=O)(=O)c2ccc(OC)c(OC)c2)cc1. The van der Waals surface area contributed by atoms with Crippen LogP contribution in [0.15, 0.2) is 71.6 Å². The molecule has 1 N–H and O–H groups in total. The normalized spacial score (nSPS) is 11.9. The maximum absolute atomic E-state index is 14.2. The molecule has 0 aliphatic rings. The standard InChI is InChI=1S/C32H40ClN3O7S/c1-7-43-27-14-12-26(13-15-27)36(44(39,40)28-16-17-29(41-5)30(18-28)42-6)21-31(37)35(20-24-8-10-25(33)11-9-24)23(4)32(38)34-19-22(2)3/h8-18,22-23H,7,19-21H2,1-6H3,(H,34,38)/t23-/m1/s1. The summed E-state index contributed by atoms with van der Waals surface area (Å²) in [5, 5.41) is 3.39. The van der Waals surface area contributed by atoms with E-state index in [1.54, 1.807) is 55.5 Å². The summed E-state index contributed by atoms with van der Waals surface area (Å²) in [6.07, 6.45) is 0. The number of carbonyl (C=O) groups is 2. The van der Waals surface area contributed by atoms with Crippen molar-refractivity contribution in [1.82, 2.24) is 10.2 Å². The van der Waals surface area contributed by atoms with Gasteiger partial charge in [-0.15, -0.1) is 0 Å². The number of ether oxygens (including phenoxy) is 3. The van der Waals surface area contributed by atoms with E-state index < -0.39 is 28.5 Å². The quantitative estimate of drug-likeness (QED) is 0.243. The predicted octanol–water partition coefficient (Wildman–Crippen LogP) is 5.14. The lowest BCUT2D eigenvalue weighted by molar-refractivity contribution is -0.139. The summed E-state index contributed by atoms with van der Waals surface area (Å²) < 4.78 is 45.5. The molecule has 0 aromatic heterocycles. The van der Waals surface area contributed by atoms with Gasteiger partial charge in [-0.05, 0) is 73.9 Å². The van der Waals surface area contributed by atoms with Gasteiger partial charge in [0.2, 0.25) is 11.8 Å². The van der Waals surface area contributed by atoms with Crippen LogP contribution in [0.4, 0.5) is 5.69 Å². The van der Waals surface area contributed by atoms with E-state index in [1.807, 2.05) is 20.8 Å². The third kappa shape index (κ3) is 8.79. The van der Waals surface area contributed by atoms with E-state index in [1.165, 1.54) is 37.3 Å². The Morgan fingerprint density at radius 3 is 2.11 bits per heavy atom. The fourth-order valence-corrected chi connectivity index (χ4v) is 5.89. The summed E-state index contributed by atoms with van der Waals surface area (Å²) in [4.78, 5) is 28.5. The fourth-order valence-electron chi connectivity index (χ4n) is 4.33. The summed E-state index contributed by atoms with van der Waals surface area (Å²) in [5.74, 6) is 0.387. The van der Waals surface area contributed by atoms with Gasteiger partial charge in [0.05, 0.1) is 31.4 Å². The van der Waals surface area contributed by atoms with Crippen molar-refractivity contribution in [3.63, 3.8) is 0 Å². The number of hydrogen-bond donors (Lipinski definition) is 1. The molecule has 0 spiro atoms. The number of nitrogens with one attached hydrogen (secondary N) is 1. The minimum atomic E-state index is -4.32. The van der Waals surface area contributed by atoms with Crippen LogP contribution in [0.5, 0.6) is 17.2 Å². The number of anilines is 1. The van der Waals surface area contributed by atoms with E-state index in [4.69, 9.17) is 25.8 Å². The van der Waals surface area contributed by atoms with Gasteiger partial charge in [-0.3, -0.25) is 13.9 Å². The Morgan fingerprint density at radius 1 is 0.909 bits per heavy atom. The zero-order valence-electron chi connectivity index (χ0n) is 25.9. The second kappa shape index (κ2) is 15.7. The van der Waals surface area contributed by atoms with E-state index in [9.17, 15) is 18.0 Å². The summed E-state index contributed by atoms with van der Waals surface area (Å²) in [5.41, 5.74) is 0.960. The number of hydrogen-bond acceptors (Lipinski definition) is 7. The van der Waals surface area contributed by atoms with Crippen molar-refractivity contribution in [2.24, 2.45) is 5.92 Å². The fraction of sp³-hybridized carbons (Fsp3) is 0.375. The molecule has 0 saturated carbocycles. The Morgan fingerprint density at radius 2 is 1.55 bits per heavy atom. The molecular formula is C32H40ClN3O7S. The minimum Gasteiger partial charge on any atom is -0.494 e. The van der Waals surface area contributed by atoms with E-state index in [0.29, 0.717) is 29.7 Å². The van der Waals surface area contributed by atoms with E-state index in [0.717, 1.165) is 9.87 Å². The molecule has 238 valence electrons. The van der Waals surface area contributed by atoms with Gasteiger partial charge in [-0.1, -0.05) is 37.6 Å². The second-order valence-electron chi connectivity index (χ2n) is 10.4. The third-order valence-electron chi connectivity index (χ3n) is 6.78. The molecule has 0 radical (unpaired) electrons. The van der Waals surface area contributed by atoms with Crippen molar-refractivity contribution in [3.8, 4) is 17.2 Å². The zero-order valence-corrected chi connectivity index (χ0v) is 27.4. The van der Waals surface area contributed by atoms with Gasteiger partial charge < -0.3 is 24.4 Å². The highest BCUT2D eigenvalue weighted by atomic mass is 35.5. The molecule has 0 heterocycles. The van der Waals surface area contributed by atoms with Gasteiger partial charge in [-0.25, -0.2) is 8.42 Å². The average Bonchev–Trinajstić information content (AvgIpc) is 3.01. The van der Waals surface area contributed by atoms with Gasteiger partial charge in [0, 0.05) is 24.2 Å². The molecule has 2 amide bonds. The van der Waals surface area contributed by atoms with Crippen LogP contribution in [0.25, 0.3) is 0 Å². The molecule has 0 fully saturated rings. The molecule has 10 nitrogen and oxygen atoms in total. The highest BCUT2D eigenvalue weighted by Crippen LogP contribution is 2.33. The molecule has 3 rings (SSSR count). The maximum Gasteiger partial charge on any atom is 0.264 e. The van der Waals surface area contributed by atoms with Crippen LogP contribution >= 0.6 is 11.6 Å². The van der Waals surface area contributed by atoms with Crippen LogP contribution < -0.4 is 23.8 Å². The topological polar surface area (TPSA) is 114 Å². The van der Waals surface area contributed by atoms with Crippen molar-refractivity contribution < 1.29 is 32.2 Å². The monoisotopic (exact) mass is 645 g/mol. The predicted molar refractivity (Wildman–Crippen MR) is 171 cm³/mol. The number of sulfonamides is 1. The van der Waals surface area contributed by atoms with Crippen LogP contribution in [-0.4, -0.2) is 65.1 Å². The Hall–Kier alpha value is -3.96. The molecule has 0 bridgehead atoms. The lowest BCUT2D eigenvalue weighted by atomic mass is 10.1. The first-order valence-electron chi connectivity index (χ1n) is 14.2. The van der Waals surface area contributed by atoms with Crippen molar-refractivity contribution in [2.45, 2.75) is 45.2 Å². The molecule has 0 unspecified atom stereocenters. The van der Waals surface area contributed by atoms with Crippen molar-refractivity contribution in [1.29, 1.82) is 0 Å². The Bertz CT molecular complexity index is 1510. The van der Waals surface area contributed by atoms with Crippen molar-refractivity contribution in [2.75, 3.05) is 38.2 Å². The van der Waals surface area contributed by atoms with Gasteiger partial charge >= 0.3 is 0 Å². The third-order valence-corrected chi connectivity index (χ3v) is 8.80. The van der Waals surface area contributed by atoms with Crippen LogP contribution in [0.2, 0.25) is 5.02 Å². The summed E-state index contributed by atoms with van der Waals surface area (Å²) in [6.45, 7) is 7.73. The van der Waals surface area contributed by atoms with Gasteiger partial charge in [0.1, 0.15) is 18.3 Å². The molecule has 3 aromatic rings. The highest BCUT2D eigenvalue weighted by molar-refractivity contribution is 7.92. The number of methoxy groups -OCH3 is 2. The Kier molecular flexibility index (Phi) is 12.3. The number of carbonyl (C=O) groups excluding carboxylic acids is 2. The minimum absolute atomic E-state index is 0.0553. The molecular weight excluding hydrogens is 606 g/mol. The molecule has 0 saturated heterocycles. The van der Waals surface area contributed by atoms with Crippen LogP contribution in [0.1, 0.15) is 33.3 Å². The number of rotatable bonds is 15. The van der Waals surface area contributed by atoms with E-state index >= 15 is 0 Å². The molecule has 1 atom stereocenters. The van der Waals surface area contributed by atoms with Gasteiger partial charge in [0.15, 0.2) is 11.5 Å². The highest BCUT2D eigenvalue weighted by Gasteiger charge is 2.33. The molecule has 44 heavy (non-hydrogen) atoms. The first-order chi connectivity index (χ1) is 20.9. The molecule has 0 aliphatic heterocycles. The van der Waals surface area contributed by atoms with Gasteiger partial charge in [0.25, 0.3) is 10.0 Å². The lowest BCUT2D eigenvalue weighted by Crippen LogP contribution is -2.51. The number of benzene rings is 3. The largest absolute Gasteiger partial charge is 0.494 e. The van der Waals surface area contributed by atoms with Crippen molar-refractivity contribution in [3.05, 3.63) is 77.3 Å². The Labute approximate surface area is 264 Å². The average molecular weight is 646 g/mol. The van der Waals surface area contributed by atoms with E-state index in [2.05, 4.69) is 5.32 Å². The summed E-state index contributed by atoms with van der Waals surface area (Å²) in [7, 11) is -1.47. The summed E-state index contributed by atoms with van der Waals surface area (Å²) in [6, 6.07) is 16.6. The number of halogens is 1. The first kappa shape index (κ1) is 34.5. The van der Waals surface area contributed by atoms with Crippen LogP contribution in [-0.2, 0) is 26.2 Å². The lowest BCUT2D eigenvalue weighted by Gasteiger charge is -2.32. The first-order valence-corrected chi connectivity index (χ1v) is 16.0. The molecule has 12 heteroatoms. The number of nitrogens with zero attached hydrogens (tertiary/aromatic N) is 2. The smallest absolute Gasteiger partial charge is 0.264 e. The summed E-state index contributed by atoms with van der Waals surface area (Å²) >= 11 is 6.07. The molecule has 0 aliphatic carbocycles. The van der Waals surface area contributed by atoms with Crippen LogP contribution in [0, 0.1) is 5.92 Å².